The number of hydrogen-bond acceptors (Lipinski definition) is 4. The Balaban J connectivity index is 3.79. The smallest absolute Gasteiger partial charge is 0.411 e. The average molecular weight is 315 g/mol. The van der Waals surface area contributed by atoms with E-state index in [1.54, 1.807) is 20.8 Å². The third-order valence-corrected chi connectivity index (χ3v) is 2.36. The predicted octanol–water partition coefficient (Wildman–Crippen LogP) is 2.48. The molecule has 2 N–H and O–H groups in total. The molecule has 1 unspecified atom stereocenters. The second-order valence-electron chi connectivity index (χ2n) is 5.74. The van der Waals surface area contributed by atoms with Crippen LogP contribution in [-0.4, -0.2) is 49.3 Å². The second kappa shape index (κ2) is 9.09. The number of alkyl halides is 3. The Bertz CT molecular complexity index is 303. The number of halogens is 3. The number of alkyl carbamates (subject to hydrolysis) is 1. The van der Waals surface area contributed by atoms with Gasteiger partial charge in [-0.25, -0.2) is 4.79 Å². The fraction of sp³-hybridized carbons (Fsp3) is 0.923. The molecule has 0 fully saturated rings. The maximum absolute atomic E-state index is 11.8. The molecule has 0 saturated carbocycles. The van der Waals surface area contributed by atoms with Gasteiger partial charge in [-0.05, 0) is 39.5 Å². The highest BCUT2D eigenvalue weighted by molar-refractivity contribution is 5.67. The number of aliphatic hydroxyl groups is 1. The molecule has 1 atom stereocenters. The highest BCUT2D eigenvalue weighted by Gasteiger charge is 2.27. The largest absolute Gasteiger partial charge is 0.444 e. The number of carbonyl (C=O) groups is 1. The minimum absolute atomic E-state index is 0.0392. The summed E-state index contributed by atoms with van der Waals surface area (Å²) in [5.74, 6) is -0.244. The van der Waals surface area contributed by atoms with E-state index in [-0.39, 0.29) is 25.7 Å². The third-order valence-electron chi connectivity index (χ3n) is 2.36. The average Bonchev–Trinajstić information content (AvgIpc) is 2.29. The lowest BCUT2D eigenvalue weighted by Gasteiger charge is -2.21. The van der Waals surface area contributed by atoms with Crippen molar-refractivity contribution in [3.8, 4) is 0 Å². The zero-order valence-electron chi connectivity index (χ0n) is 12.6. The normalized spacial score (nSPS) is 13.9. The first kappa shape index (κ1) is 20.0. The molecule has 5 nitrogen and oxygen atoms in total. The lowest BCUT2D eigenvalue weighted by atomic mass is 10.1. The van der Waals surface area contributed by atoms with Gasteiger partial charge in [0.05, 0.1) is 0 Å². The number of nitrogens with one attached hydrogen (secondary N) is 1. The fourth-order valence-electron chi connectivity index (χ4n) is 1.46. The van der Waals surface area contributed by atoms with E-state index >= 15 is 0 Å². The van der Waals surface area contributed by atoms with Crippen LogP contribution in [0.3, 0.4) is 0 Å². The Labute approximate surface area is 122 Å². The first-order valence-electron chi connectivity index (χ1n) is 6.75. The van der Waals surface area contributed by atoms with Crippen molar-refractivity contribution in [2.24, 2.45) is 5.92 Å². The summed E-state index contributed by atoms with van der Waals surface area (Å²) >= 11 is 0. The van der Waals surface area contributed by atoms with Gasteiger partial charge in [-0.2, -0.15) is 13.2 Å². The van der Waals surface area contributed by atoms with Gasteiger partial charge in [0.1, 0.15) is 12.2 Å². The monoisotopic (exact) mass is 315 g/mol. The molecule has 0 heterocycles. The summed E-state index contributed by atoms with van der Waals surface area (Å²) in [4.78, 5) is 11.4. The molecular formula is C13H24F3NO4. The van der Waals surface area contributed by atoms with Gasteiger partial charge in [-0.3, -0.25) is 0 Å². The van der Waals surface area contributed by atoms with E-state index in [9.17, 15) is 18.0 Å². The maximum Gasteiger partial charge on any atom is 0.411 e. The van der Waals surface area contributed by atoms with Crippen molar-refractivity contribution < 1.29 is 32.5 Å². The molecule has 0 spiro atoms. The van der Waals surface area contributed by atoms with Crippen LogP contribution in [0.1, 0.15) is 33.6 Å². The van der Waals surface area contributed by atoms with E-state index in [4.69, 9.17) is 9.84 Å². The SMILES string of the molecule is CC(C)(C)OC(=O)NCC(CO)CCCOCC(F)(F)F. The van der Waals surface area contributed by atoms with Crippen LogP contribution in [0, 0.1) is 5.92 Å². The number of ether oxygens (including phenoxy) is 2. The highest BCUT2D eigenvalue weighted by Crippen LogP contribution is 2.15. The summed E-state index contributed by atoms with van der Waals surface area (Å²) in [6.07, 6.45) is -4.09. The summed E-state index contributed by atoms with van der Waals surface area (Å²) < 4.78 is 45.0. The molecule has 0 aromatic heterocycles. The molecule has 21 heavy (non-hydrogen) atoms. The topological polar surface area (TPSA) is 67.8 Å². The number of aliphatic hydroxyl groups excluding tert-OH is 1. The molecule has 0 aliphatic heterocycles. The summed E-state index contributed by atoms with van der Waals surface area (Å²) in [5, 5.41) is 11.7. The lowest BCUT2D eigenvalue weighted by molar-refractivity contribution is -0.174. The van der Waals surface area contributed by atoms with Crippen molar-refractivity contribution in [1.82, 2.24) is 5.32 Å². The van der Waals surface area contributed by atoms with Gasteiger partial charge >= 0.3 is 12.3 Å². The van der Waals surface area contributed by atoms with E-state index in [2.05, 4.69) is 10.1 Å². The molecule has 0 rings (SSSR count). The van der Waals surface area contributed by atoms with Crippen LogP contribution in [0.25, 0.3) is 0 Å². The van der Waals surface area contributed by atoms with Crippen LogP contribution in [0.15, 0.2) is 0 Å². The summed E-state index contributed by atoms with van der Waals surface area (Å²) in [6.45, 7) is 3.91. The van der Waals surface area contributed by atoms with Crippen molar-refractivity contribution in [1.29, 1.82) is 0 Å². The van der Waals surface area contributed by atoms with Crippen LogP contribution >= 0.6 is 0 Å². The van der Waals surface area contributed by atoms with Crippen LogP contribution in [0.5, 0.6) is 0 Å². The van der Waals surface area contributed by atoms with Crippen LogP contribution in [0.4, 0.5) is 18.0 Å². The van der Waals surface area contributed by atoms with Crippen molar-refractivity contribution in [3.05, 3.63) is 0 Å². The molecule has 0 aliphatic rings. The van der Waals surface area contributed by atoms with Crippen molar-refractivity contribution in [2.45, 2.75) is 45.4 Å². The van der Waals surface area contributed by atoms with Crippen LogP contribution in [-0.2, 0) is 9.47 Å². The van der Waals surface area contributed by atoms with Crippen LogP contribution < -0.4 is 5.32 Å². The quantitative estimate of drug-likeness (QED) is 0.675. The second-order valence-corrected chi connectivity index (χ2v) is 5.74. The van der Waals surface area contributed by atoms with Gasteiger partial charge in [0.2, 0.25) is 0 Å². The van der Waals surface area contributed by atoms with E-state index in [1.807, 2.05) is 0 Å². The number of carbonyl (C=O) groups excluding carboxylic acids is 1. The molecule has 1 amide bonds. The Morgan fingerprint density at radius 3 is 2.38 bits per heavy atom. The predicted molar refractivity (Wildman–Crippen MR) is 70.9 cm³/mol. The van der Waals surface area contributed by atoms with Crippen molar-refractivity contribution in [3.63, 3.8) is 0 Å². The molecule has 8 heteroatoms. The first-order valence-corrected chi connectivity index (χ1v) is 6.75. The molecule has 0 aliphatic carbocycles. The zero-order chi connectivity index (χ0) is 16.5. The van der Waals surface area contributed by atoms with Crippen molar-refractivity contribution >= 4 is 6.09 Å². The Kier molecular flexibility index (Phi) is 8.65. The maximum atomic E-state index is 11.8. The van der Waals surface area contributed by atoms with Crippen LogP contribution in [0.2, 0.25) is 0 Å². The van der Waals surface area contributed by atoms with E-state index in [0.717, 1.165) is 0 Å². The molecule has 0 aromatic rings. The zero-order valence-corrected chi connectivity index (χ0v) is 12.6. The fourth-order valence-corrected chi connectivity index (χ4v) is 1.46. The van der Waals surface area contributed by atoms with E-state index < -0.39 is 24.5 Å². The van der Waals surface area contributed by atoms with Gasteiger partial charge in [0.25, 0.3) is 0 Å². The summed E-state index contributed by atoms with van der Waals surface area (Å²) in [7, 11) is 0. The highest BCUT2D eigenvalue weighted by atomic mass is 19.4. The minimum atomic E-state index is -4.32. The minimum Gasteiger partial charge on any atom is -0.444 e. The summed E-state index contributed by atoms with van der Waals surface area (Å²) in [5.41, 5.74) is -0.607. The molecule has 0 saturated heterocycles. The number of amides is 1. The van der Waals surface area contributed by atoms with E-state index in [1.165, 1.54) is 0 Å². The number of hydrogen-bond donors (Lipinski definition) is 2. The molecule has 0 bridgehead atoms. The standard InChI is InChI=1S/C13H24F3NO4/c1-12(2,3)21-11(19)17-7-10(8-18)5-4-6-20-9-13(14,15)16/h10,18H,4-9H2,1-3H3,(H,17,19). The lowest BCUT2D eigenvalue weighted by Crippen LogP contribution is -2.36. The molecule has 0 radical (unpaired) electrons. The third kappa shape index (κ3) is 13.7. The van der Waals surface area contributed by atoms with E-state index in [0.29, 0.717) is 12.8 Å². The van der Waals surface area contributed by atoms with Gasteiger partial charge < -0.3 is 19.9 Å². The van der Waals surface area contributed by atoms with Gasteiger partial charge in [-0.15, -0.1) is 0 Å². The van der Waals surface area contributed by atoms with Gasteiger partial charge in [0, 0.05) is 19.8 Å². The first-order chi connectivity index (χ1) is 9.53. The molecular weight excluding hydrogens is 291 g/mol. The summed E-state index contributed by atoms with van der Waals surface area (Å²) in [6, 6.07) is 0. The van der Waals surface area contributed by atoms with Gasteiger partial charge in [-0.1, -0.05) is 0 Å². The Morgan fingerprint density at radius 1 is 1.29 bits per heavy atom. The molecule has 0 aromatic carbocycles. The van der Waals surface area contributed by atoms with Crippen molar-refractivity contribution in [2.75, 3.05) is 26.4 Å². The Morgan fingerprint density at radius 2 is 1.90 bits per heavy atom. The molecule has 126 valence electrons. The number of rotatable bonds is 8. The Hall–Kier alpha value is -1.02. The van der Waals surface area contributed by atoms with Gasteiger partial charge in [0.15, 0.2) is 0 Å².